The topological polar surface area (TPSA) is 111 Å². The largest absolute Gasteiger partial charge is 0.421 e. The molecule has 1 aromatic heterocycles. The lowest BCUT2D eigenvalue weighted by molar-refractivity contribution is -0.137. The molecule has 0 unspecified atom stereocenters. The van der Waals surface area contributed by atoms with Gasteiger partial charge < -0.3 is 21.3 Å². The monoisotopic (exact) mass is 451 g/mol. The van der Waals surface area contributed by atoms with Crippen molar-refractivity contribution in [1.29, 1.82) is 0 Å². The molecule has 1 aromatic carbocycles. The lowest BCUT2D eigenvalue weighted by atomic mass is 10.1. The minimum absolute atomic E-state index is 0.00507. The Kier molecular flexibility index (Phi) is 7.46. The van der Waals surface area contributed by atoms with Gasteiger partial charge in [0.15, 0.2) is 0 Å². The van der Waals surface area contributed by atoms with Crippen molar-refractivity contribution in [3.05, 3.63) is 41.6 Å². The third-order valence-electron chi connectivity index (χ3n) is 4.59. The van der Waals surface area contributed by atoms with Gasteiger partial charge in [-0.25, -0.2) is 4.98 Å². The van der Waals surface area contributed by atoms with Gasteiger partial charge in [-0.2, -0.15) is 18.2 Å². The van der Waals surface area contributed by atoms with E-state index >= 15 is 0 Å². The molecule has 0 spiro atoms. The van der Waals surface area contributed by atoms with Gasteiger partial charge in [0, 0.05) is 51.5 Å². The number of carbonyl (C=O) groups is 2. The number of nitrogens with one attached hydrogen (secondary N) is 4. The van der Waals surface area contributed by atoms with Crippen molar-refractivity contribution in [3.63, 3.8) is 0 Å². The van der Waals surface area contributed by atoms with E-state index in [9.17, 15) is 22.8 Å². The van der Waals surface area contributed by atoms with Crippen LogP contribution in [0.3, 0.4) is 0 Å². The molecule has 3 rings (SSSR count). The summed E-state index contributed by atoms with van der Waals surface area (Å²) >= 11 is 0. The zero-order valence-electron chi connectivity index (χ0n) is 17.4. The van der Waals surface area contributed by atoms with Gasteiger partial charge in [0.05, 0.1) is 6.54 Å². The number of aromatic nitrogens is 2. The summed E-state index contributed by atoms with van der Waals surface area (Å²) in [5, 5.41) is 10.8. The average Bonchev–Trinajstić information content (AvgIpc) is 2.71. The van der Waals surface area contributed by atoms with E-state index < -0.39 is 11.7 Å². The predicted molar refractivity (Wildman–Crippen MR) is 112 cm³/mol. The van der Waals surface area contributed by atoms with Gasteiger partial charge in [-0.1, -0.05) is 12.1 Å². The molecule has 0 radical (unpaired) electrons. The van der Waals surface area contributed by atoms with E-state index in [1.807, 2.05) is 17.0 Å². The Morgan fingerprint density at radius 2 is 2.09 bits per heavy atom. The molecule has 1 fully saturated rings. The minimum Gasteiger partial charge on any atom is -0.368 e. The number of halogens is 3. The zero-order valence-corrected chi connectivity index (χ0v) is 17.4. The molecule has 2 heterocycles. The second kappa shape index (κ2) is 10.3. The highest BCUT2D eigenvalue weighted by Crippen LogP contribution is 2.34. The molecule has 2 amide bonds. The maximum absolute atomic E-state index is 13.3. The van der Waals surface area contributed by atoms with Crippen LogP contribution in [0.5, 0.6) is 0 Å². The van der Waals surface area contributed by atoms with Crippen LogP contribution in [-0.2, 0) is 22.3 Å². The van der Waals surface area contributed by atoms with E-state index in [4.69, 9.17) is 0 Å². The van der Waals surface area contributed by atoms with Gasteiger partial charge in [-0.15, -0.1) is 0 Å². The number of amides is 2. The Labute approximate surface area is 182 Å². The van der Waals surface area contributed by atoms with Gasteiger partial charge in [0.1, 0.15) is 11.4 Å². The fourth-order valence-corrected chi connectivity index (χ4v) is 3.16. The highest BCUT2D eigenvalue weighted by Gasteiger charge is 2.35. The third-order valence-corrected chi connectivity index (χ3v) is 4.59. The number of anilines is 3. The first kappa shape index (κ1) is 23.3. The molecule has 1 aliphatic heterocycles. The Balaban J connectivity index is 1.71. The molecular weight excluding hydrogens is 427 g/mol. The molecule has 0 bridgehead atoms. The summed E-state index contributed by atoms with van der Waals surface area (Å²) in [5.41, 5.74) is 0.543. The minimum atomic E-state index is -4.63. The number of nitrogens with zero attached hydrogens (tertiary/aromatic N) is 3. The van der Waals surface area contributed by atoms with Crippen LogP contribution in [0.15, 0.2) is 30.5 Å². The summed E-state index contributed by atoms with van der Waals surface area (Å²) < 4.78 is 39.9. The molecule has 0 atom stereocenters. The molecule has 172 valence electrons. The van der Waals surface area contributed by atoms with Gasteiger partial charge in [0.25, 0.3) is 0 Å². The molecule has 0 aliphatic carbocycles. The summed E-state index contributed by atoms with van der Waals surface area (Å²) in [7, 11) is 0. The van der Waals surface area contributed by atoms with E-state index in [1.165, 1.54) is 6.92 Å². The summed E-state index contributed by atoms with van der Waals surface area (Å²) in [5.74, 6) is -0.689. The number of hydrogen-bond acceptors (Lipinski definition) is 7. The number of benzene rings is 1. The van der Waals surface area contributed by atoms with E-state index in [0.29, 0.717) is 31.5 Å². The van der Waals surface area contributed by atoms with Crippen LogP contribution in [0, 0.1) is 0 Å². The number of alkyl halides is 3. The van der Waals surface area contributed by atoms with Crippen molar-refractivity contribution in [2.75, 3.05) is 43.4 Å². The van der Waals surface area contributed by atoms with Crippen LogP contribution in [-0.4, -0.2) is 59.4 Å². The third kappa shape index (κ3) is 6.80. The highest BCUT2D eigenvalue weighted by molar-refractivity contribution is 5.78. The van der Waals surface area contributed by atoms with Crippen LogP contribution in [0.1, 0.15) is 18.1 Å². The van der Waals surface area contributed by atoms with Crippen LogP contribution in [0.4, 0.5) is 30.6 Å². The first-order valence-electron chi connectivity index (χ1n) is 9.98. The SMILES string of the molecule is CC(=O)NCCNc1nc(Nc2cccc(CN3CCNC(=O)C3)c2)ncc1C(F)(F)F. The van der Waals surface area contributed by atoms with Crippen molar-refractivity contribution in [2.45, 2.75) is 19.6 Å². The quantitative estimate of drug-likeness (QED) is 0.452. The number of rotatable bonds is 8. The Hall–Kier alpha value is -3.41. The van der Waals surface area contributed by atoms with Gasteiger partial charge in [-0.05, 0) is 17.7 Å². The highest BCUT2D eigenvalue weighted by atomic mass is 19.4. The van der Waals surface area contributed by atoms with Crippen LogP contribution in [0.2, 0.25) is 0 Å². The first-order chi connectivity index (χ1) is 15.2. The molecule has 4 N–H and O–H groups in total. The van der Waals surface area contributed by atoms with Crippen molar-refractivity contribution in [3.8, 4) is 0 Å². The standard InChI is InChI=1S/C20H24F3N7O2/c1-13(31)24-5-6-26-18-16(20(21,22)23)10-27-19(29-18)28-15-4-2-3-14(9-15)11-30-8-7-25-17(32)12-30/h2-4,9-10H,5-8,11-12H2,1H3,(H,24,31)(H,25,32)(H2,26,27,28,29). The Bertz CT molecular complexity index is 968. The smallest absolute Gasteiger partial charge is 0.368 e. The Morgan fingerprint density at radius 3 is 2.81 bits per heavy atom. The Morgan fingerprint density at radius 1 is 1.28 bits per heavy atom. The zero-order chi connectivity index (χ0) is 23.1. The molecule has 32 heavy (non-hydrogen) atoms. The van der Waals surface area contributed by atoms with E-state index in [2.05, 4.69) is 31.2 Å². The van der Waals surface area contributed by atoms with Crippen LogP contribution in [0.25, 0.3) is 0 Å². The van der Waals surface area contributed by atoms with Crippen molar-refractivity contribution < 1.29 is 22.8 Å². The molecule has 0 saturated carbocycles. The van der Waals surface area contributed by atoms with Crippen LogP contribution < -0.4 is 21.3 Å². The molecular formula is C20H24F3N7O2. The molecule has 2 aromatic rings. The van der Waals surface area contributed by atoms with Crippen LogP contribution >= 0.6 is 0 Å². The summed E-state index contributed by atoms with van der Waals surface area (Å²) in [6, 6.07) is 7.29. The van der Waals surface area contributed by atoms with Gasteiger partial charge >= 0.3 is 6.18 Å². The maximum atomic E-state index is 13.3. The van der Waals surface area contributed by atoms with E-state index in [-0.39, 0.29) is 36.7 Å². The second-order valence-corrected chi connectivity index (χ2v) is 7.25. The summed E-state index contributed by atoms with van der Waals surface area (Å²) in [6.07, 6.45) is -3.91. The maximum Gasteiger partial charge on any atom is 0.421 e. The van der Waals surface area contributed by atoms with E-state index in [1.54, 1.807) is 12.1 Å². The second-order valence-electron chi connectivity index (χ2n) is 7.25. The van der Waals surface area contributed by atoms with Crippen molar-refractivity contribution >= 4 is 29.3 Å². The summed E-state index contributed by atoms with van der Waals surface area (Å²) in [4.78, 5) is 32.2. The molecule has 12 heteroatoms. The number of hydrogen-bond donors (Lipinski definition) is 4. The number of carbonyl (C=O) groups excluding carboxylic acids is 2. The predicted octanol–water partition coefficient (Wildman–Crippen LogP) is 1.72. The lowest BCUT2D eigenvalue weighted by Crippen LogP contribution is -2.47. The van der Waals surface area contributed by atoms with Gasteiger partial charge in [-0.3, -0.25) is 14.5 Å². The fraction of sp³-hybridized carbons (Fsp3) is 0.400. The number of piperazine rings is 1. The molecule has 9 nitrogen and oxygen atoms in total. The first-order valence-corrected chi connectivity index (χ1v) is 9.98. The average molecular weight is 451 g/mol. The van der Waals surface area contributed by atoms with Crippen molar-refractivity contribution in [2.24, 2.45) is 0 Å². The fourth-order valence-electron chi connectivity index (χ4n) is 3.16. The molecule has 1 aliphatic rings. The van der Waals surface area contributed by atoms with E-state index in [0.717, 1.165) is 12.1 Å². The molecule has 1 saturated heterocycles. The normalized spacial score (nSPS) is 14.6. The lowest BCUT2D eigenvalue weighted by Gasteiger charge is -2.26. The summed E-state index contributed by atoms with van der Waals surface area (Å²) in [6.45, 7) is 3.74. The van der Waals surface area contributed by atoms with Crippen molar-refractivity contribution in [1.82, 2.24) is 25.5 Å². The van der Waals surface area contributed by atoms with Gasteiger partial charge in [0.2, 0.25) is 17.8 Å².